The fourth-order valence-corrected chi connectivity index (χ4v) is 2.77. The first-order chi connectivity index (χ1) is 9.74. The van der Waals surface area contributed by atoms with Gasteiger partial charge in [0.2, 0.25) is 0 Å². The van der Waals surface area contributed by atoms with Gasteiger partial charge in [-0.2, -0.15) is 0 Å². The third-order valence-corrected chi connectivity index (χ3v) is 3.83. The van der Waals surface area contributed by atoms with Gasteiger partial charge in [0.25, 0.3) is 0 Å². The molecule has 0 N–H and O–H groups in total. The first-order valence-corrected chi connectivity index (χ1v) is 7.25. The highest BCUT2D eigenvalue weighted by molar-refractivity contribution is 9.10. The van der Waals surface area contributed by atoms with Gasteiger partial charge in [-0.1, -0.05) is 24.3 Å². The maximum Gasteiger partial charge on any atom is 0.134 e. The van der Waals surface area contributed by atoms with Crippen molar-refractivity contribution in [1.29, 1.82) is 0 Å². The van der Waals surface area contributed by atoms with Crippen molar-refractivity contribution in [3.63, 3.8) is 0 Å². The number of nitrogens with zero attached hydrogens (tertiary/aromatic N) is 1. The molecule has 1 heterocycles. The molecule has 0 bridgehead atoms. The predicted octanol–water partition coefficient (Wildman–Crippen LogP) is 4.88. The van der Waals surface area contributed by atoms with Crippen LogP contribution < -0.4 is 4.74 Å². The van der Waals surface area contributed by atoms with Crippen molar-refractivity contribution in [2.75, 3.05) is 0 Å². The second-order valence-electron chi connectivity index (χ2n) is 4.71. The Morgan fingerprint density at radius 2 is 1.95 bits per heavy atom. The normalized spacial score (nSPS) is 10.7. The molecule has 0 aliphatic heterocycles. The molecule has 3 aromatic rings. The molecule has 2 nitrogen and oxygen atoms in total. The number of halogens is 1. The van der Waals surface area contributed by atoms with Crippen molar-refractivity contribution in [1.82, 2.24) is 4.98 Å². The molecule has 3 heteroatoms. The van der Waals surface area contributed by atoms with E-state index in [1.54, 1.807) is 0 Å². The van der Waals surface area contributed by atoms with Crippen molar-refractivity contribution in [2.24, 2.45) is 0 Å². The summed E-state index contributed by atoms with van der Waals surface area (Å²) in [6, 6.07) is 16.2. The molecular weight excluding hydrogens is 314 g/mol. The number of ether oxygens (including phenoxy) is 1. The lowest BCUT2D eigenvalue weighted by Crippen LogP contribution is -1.98. The minimum absolute atomic E-state index is 0.532. The predicted molar refractivity (Wildman–Crippen MR) is 85.0 cm³/mol. The van der Waals surface area contributed by atoms with E-state index in [-0.39, 0.29) is 0 Å². The first kappa shape index (κ1) is 13.1. The highest BCUT2D eigenvalue weighted by atomic mass is 79.9. The highest BCUT2D eigenvalue weighted by Gasteiger charge is 2.05. The molecule has 3 rings (SSSR count). The molecule has 0 spiro atoms. The summed E-state index contributed by atoms with van der Waals surface area (Å²) in [5, 5.41) is 1.14. The van der Waals surface area contributed by atoms with Gasteiger partial charge in [0.1, 0.15) is 12.4 Å². The summed E-state index contributed by atoms with van der Waals surface area (Å²) in [6.07, 6.45) is 1.82. The van der Waals surface area contributed by atoms with Gasteiger partial charge in [-0.15, -0.1) is 0 Å². The maximum absolute atomic E-state index is 5.91. The zero-order valence-electron chi connectivity index (χ0n) is 11.1. The number of fused-ring (bicyclic) bond motifs is 1. The summed E-state index contributed by atoms with van der Waals surface area (Å²) in [4.78, 5) is 4.36. The number of rotatable bonds is 3. The summed E-state index contributed by atoms with van der Waals surface area (Å²) in [7, 11) is 0. The van der Waals surface area contributed by atoms with Crippen LogP contribution in [0.4, 0.5) is 0 Å². The van der Waals surface area contributed by atoms with Crippen LogP contribution in [0.2, 0.25) is 0 Å². The SMILES string of the molecule is Cc1ccc(OCc2ccnc3ccccc23)c(Br)c1. The monoisotopic (exact) mass is 327 g/mol. The molecule has 100 valence electrons. The van der Waals surface area contributed by atoms with E-state index < -0.39 is 0 Å². The second-order valence-corrected chi connectivity index (χ2v) is 5.56. The lowest BCUT2D eigenvalue weighted by molar-refractivity contribution is 0.305. The van der Waals surface area contributed by atoms with E-state index in [1.807, 2.05) is 42.6 Å². The van der Waals surface area contributed by atoms with Crippen LogP contribution >= 0.6 is 15.9 Å². The zero-order chi connectivity index (χ0) is 13.9. The fraction of sp³-hybridized carbons (Fsp3) is 0.118. The molecule has 0 amide bonds. The third kappa shape index (κ3) is 2.68. The molecule has 20 heavy (non-hydrogen) atoms. The molecule has 0 aliphatic rings. The quantitative estimate of drug-likeness (QED) is 0.683. The van der Waals surface area contributed by atoms with Crippen LogP contribution in [0.25, 0.3) is 10.9 Å². The smallest absolute Gasteiger partial charge is 0.134 e. The fourth-order valence-electron chi connectivity index (χ4n) is 2.16. The van der Waals surface area contributed by atoms with Gasteiger partial charge in [-0.3, -0.25) is 4.98 Å². The van der Waals surface area contributed by atoms with Gasteiger partial charge in [0.05, 0.1) is 9.99 Å². The Balaban J connectivity index is 1.87. The molecule has 0 radical (unpaired) electrons. The van der Waals surface area contributed by atoms with Crippen LogP contribution in [-0.4, -0.2) is 4.98 Å². The second kappa shape index (κ2) is 5.63. The average Bonchev–Trinajstić information content (AvgIpc) is 2.46. The Morgan fingerprint density at radius 1 is 1.10 bits per heavy atom. The number of pyridine rings is 1. The Morgan fingerprint density at radius 3 is 2.80 bits per heavy atom. The Kier molecular flexibility index (Phi) is 3.70. The van der Waals surface area contributed by atoms with Crippen molar-refractivity contribution in [3.05, 3.63) is 70.3 Å². The van der Waals surface area contributed by atoms with Crippen molar-refractivity contribution in [2.45, 2.75) is 13.5 Å². The molecule has 2 aromatic carbocycles. The number of hydrogen-bond acceptors (Lipinski definition) is 2. The molecular formula is C17H14BrNO. The van der Waals surface area contributed by atoms with Gasteiger partial charge in [0, 0.05) is 17.1 Å². The molecule has 0 aliphatic carbocycles. The summed E-state index contributed by atoms with van der Waals surface area (Å²) in [6.45, 7) is 2.59. The summed E-state index contributed by atoms with van der Waals surface area (Å²) in [5.74, 6) is 0.858. The number of aromatic nitrogens is 1. The van der Waals surface area contributed by atoms with E-state index >= 15 is 0 Å². The number of para-hydroxylation sites is 1. The lowest BCUT2D eigenvalue weighted by Gasteiger charge is -2.10. The molecule has 0 saturated carbocycles. The number of aryl methyl sites for hydroxylation is 1. The van der Waals surface area contributed by atoms with Crippen LogP contribution in [0, 0.1) is 6.92 Å². The topological polar surface area (TPSA) is 22.1 Å². The van der Waals surface area contributed by atoms with E-state index in [9.17, 15) is 0 Å². The maximum atomic E-state index is 5.91. The van der Waals surface area contributed by atoms with Gasteiger partial charge < -0.3 is 4.74 Å². The Labute approximate surface area is 126 Å². The third-order valence-electron chi connectivity index (χ3n) is 3.21. The first-order valence-electron chi connectivity index (χ1n) is 6.45. The van der Waals surface area contributed by atoms with E-state index in [1.165, 1.54) is 5.56 Å². The minimum Gasteiger partial charge on any atom is -0.488 e. The summed E-state index contributed by atoms with van der Waals surface area (Å²) in [5.41, 5.74) is 3.35. The zero-order valence-corrected chi connectivity index (χ0v) is 12.7. The number of benzene rings is 2. The van der Waals surface area contributed by atoms with Gasteiger partial charge in [-0.05, 0) is 52.7 Å². The minimum atomic E-state index is 0.532. The number of hydrogen-bond donors (Lipinski definition) is 0. The molecule has 0 atom stereocenters. The van der Waals surface area contributed by atoms with Gasteiger partial charge >= 0.3 is 0 Å². The highest BCUT2D eigenvalue weighted by Crippen LogP contribution is 2.27. The Bertz CT molecular complexity index is 750. The van der Waals surface area contributed by atoms with Crippen LogP contribution in [0.3, 0.4) is 0 Å². The van der Waals surface area contributed by atoms with Gasteiger partial charge in [-0.25, -0.2) is 0 Å². The van der Waals surface area contributed by atoms with E-state index in [0.717, 1.165) is 26.7 Å². The molecule has 0 unspecified atom stereocenters. The molecule has 0 saturated heterocycles. The van der Waals surface area contributed by atoms with E-state index in [0.29, 0.717) is 6.61 Å². The molecule has 0 fully saturated rings. The lowest BCUT2D eigenvalue weighted by atomic mass is 10.1. The largest absolute Gasteiger partial charge is 0.488 e. The standard InChI is InChI=1S/C17H14BrNO/c1-12-6-7-17(15(18)10-12)20-11-13-8-9-19-16-5-3-2-4-14(13)16/h2-10H,11H2,1H3. The van der Waals surface area contributed by atoms with E-state index in [4.69, 9.17) is 4.74 Å². The van der Waals surface area contributed by atoms with Crippen molar-refractivity contribution >= 4 is 26.8 Å². The van der Waals surface area contributed by atoms with Crippen LogP contribution in [0.15, 0.2) is 59.2 Å². The summed E-state index contributed by atoms with van der Waals surface area (Å²) >= 11 is 3.53. The van der Waals surface area contributed by atoms with Crippen molar-refractivity contribution < 1.29 is 4.74 Å². The van der Waals surface area contributed by atoms with Crippen LogP contribution in [0.1, 0.15) is 11.1 Å². The van der Waals surface area contributed by atoms with E-state index in [2.05, 4.69) is 40.0 Å². The average molecular weight is 328 g/mol. The van der Waals surface area contributed by atoms with Crippen LogP contribution in [-0.2, 0) is 6.61 Å². The van der Waals surface area contributed by atoms with Crippen LogP contribution in [0.5, 0.6) is 5.75 Å². The van der Waals surface area contributed by atoms with Gasteiger partial charge in [0.15, 0.2) is 0 Å². The molecule has 1 aromatic heterocycles. The van der Waals surface area contributed by atoms with Crippen molar-refractivity contribution in [3.8, 4) is 5.75 Å². The summed E-state index contributed by atoms with van der Waals surface area (Å²) < 4.78 is 6.89. The Hall–Kier alpha value is -1.87.